The first-order valence-electron chi connectivity index (χ1n) is 20.6. The Labute approximate surface area is 302 Å². The van der Waals surface area contributed by atoms with Crippen molar-refractivity contribution in [3.63, 3.8) is 0 Å². The number of hydrogen-bond acceptors (Lipinski definition) is 7. The lowest BCUT2D eigenvalue weighted by molar-refractivity contribution is -0.889. The fraction of sp³-hybridized carbons (Fsp3) is 0.927. The maximum Gasteiger partial charge on any atom is 0.306 e. The molecule has 0 saturated heterocycles. The Morgan fingerprint density at radius 2 is 0.898 bits per heavy atom. The highest BCUT2D eigenvalue weighted by Gasteiger charge is 2.25. The van der Waals surface area contributed by atoms with Gasteiger partial charge in [-0.1, -0.05) is 162 Å². The number of aliphatic carboxylic acids is 1. The van der Waals surface area contributed by atoms with Crippen molar-refractivity contribution in [3.05, 3.63) is 0 Å². The second-order valence-corrected chi connectivity index (χ2v) is 15.2. The van der Waals surface area contributed by atoms with Crippen molar-refractivity contribution in [3.8, 4) is 0 Å². The zero-order valence-corrected chi connectivity index (χ0v) is 32.9. The van der Waals surface area contributed by atoms with Crippen LogP contribution in [0, 0.1) is 0 Å². The van der Waals surface area contributed by atoms with Gasteiger partial charge in [-0.2, -0.15) is 0 Å². The molecule has 0 heterocycles. The molecule has 0 spiro atoms. The zero-order chi connectivity index (χ0) is 36.4. The first-order chi connectivity index (χ1) is 23.6. The summed E-state index contributed by atoms with van der Waals surface area (Å²) in [6.45, 7) is 4.67. The van der Waals surface area contributed by atoms with Crippen LogP contribution in [0.15, 0.2) is 0 Å². The molecule has 0 rings (SSSR count). The van der Waals surface area contributed by atoms with Gasteiger partial charge in [-0.15, -0.1) is 0 Å². The van der Waals surface area contributed by atoms with Gasteiger partial charge in [0.05, 0.1) is 40.3 Å². The Kier molecular flexibility index (Phi) is 32.3. The van der Waals surface area contributed by atoms with E-state index in [4.69, 9.17) is 14.2 Å². The van der Waals surface area contributed by atoms with Gasteiger partial charge >= 0.3 is 11.9 Å². The summed E-state index contributed by atoms with van der Waals surface area (Å²) in [7, 11) is 5.41. The first kappa shape index (κ1) is 47.3. The molecule has 0 amide bonds. The third kappa shape index (κ3) is 32.0. The van der Waals surface area contributed by atoms with Crippen molar-refractivity contribution in [1.29, 1.82) is 0 Å². The molecule has 0 aromatic heterocycles. The molecule has 290 valence electrons. The van der Waals surface area contributed by atoms with Crippen LogP contribution in [-0.4, -0.2) is 75.5 Å². The Hall–Kier alpha value is -1.67. The molecule has 0 aromatic rings. The van der Waals surface area contributed by atoms with Crippen LogP contribution in [0.25, 0.3) is 0 Å². The quantitative estimate of drug-likeness (QED) is 0.0362. The van der Waals surface area contributed by atoms with Gasteiger partial charge in [-0.05, 0) is 12.8 Å². The molecule has 2 atom stereocenters. The van der Waals surface area contributed by atoms with Crippen LogP contribution in [0.3, 0.4) is 0 Å². The molecular formula is C41H79NO7. The molecule has 8 nitrogen and oxygen atoms in total. The summed E-state index contributed by atoms with van der Waals surface area (Å²) in [6.07, 6.45) is 31.2. The van der Waals surface area contributed by atoms with E-state index in [9.17, 15) is 19.5 Å². The van der Waals surface area contributed by atoms with E-state index in [1.165, 1.54) is 122 Å². The number of unbranched alkanes of at least 4 members (excludes halogenated alkanes) is 23. The number of esters is 2. The lowest BCUT2D eigenvalue weighted by Crippen LogP contribution is -2.55. The van der Waals surface area contributed by atoms with Crippen molar-refractivity contribution >= 4 is 17.9 Å². The van der Waals surface area contributed by atoms with Crippen LogP contribution in [0.1, 0.15) is 194 Å². The molecule has 0 aliphatic carbocycles. The van der Waals surface area contributed by atoms with E-state index >= 15 is 0 Å². The molecule has 0 aliphatic rings. The van der Waals surface area contributed by atoms with Crippen LogP contribution in [-0.2, 0) is 28.6 Å². The Morgan fingerprint density at radius 1 is 0.531 bits per heavy atom. The SMILES string of the molecule is CCCCCCCCCCCCCCCCCC(=O)OCC(COCCC(C(=O)[O-])[N+](C)(C)C)OC(=O)CCCCCCCCCCCC. The van der Waals surface area contributed by atoms with Gasteiger partial charge in [0.1, 0.15) is 12.6 Å². The fourth-order valence-electron chi connectivity index (χ4n) is 6.25. The van der Waals surface area contributed by atoms with E-state index in [-0.39, 0.29) is 42.7 Å². The molecular weight excluding hydrogens is 618 g/mol. The largest absolute Gasteiger partial charge is 0.544 e. The average molecular weight is 698 g/mol. The van der Waals surface area contributed by atoms with Gasteiger partial charge in [0.2, 0.25) is 0 Å². The second-order valence-electron chi connectivity index (χ2n) is 15.2. The number of ether oxygens (including phenoxy) is 3. The minimum absolute atomic E-state index is 0.0485. The summed E-state index contributed by atoms with van der Waals surface area (Å²) >= 11 is 0. The van der Waals surface area contributed by atoms with Crippen LogP contribution < -0.4 is 5.11 Å². The van der Waals surface area contributed by atoms with E-state index in [1.807, 2.05) is 0 Å². The number of rotatable bonds is 37. The molecule has 0 aromatic carbocycles. The summed E-state index contributed by atoms with van der Waals surface area (Å²) in [5.74, 6) is -1.72. The molecule has 8 heteroatoms. The average Bonchev–Trinajstić information content (AvgIpc) is 3.05. The molecule has 0 N–H and O–H groups in total. The number of likely N-dealkylation sites (N-methyl/N-ethyl adjacent to an activating group) is 1. The maximum atomic E-state index is 12.6. The van der Waals surface area contributed by atoms with Crippen molar-refractivity contribution in [2.45, 2.75) is 206 Å². The Balaban J connectivity index is 4.31. The summed E-state index contributed by atoms with van der Waals surface area (Å²) in [5, 5.41) is 11.6. The van der Waals surface area contributed by atoms with Gasteiger partial charge in [0.15, 0.2) is 6.10 Å². The zero-order valence-electron chi connectivity index (χ0n) is 32.9. The van der Waals surface area contributed by atoms with Crippen LogP contribution in [0.4, 0.5) is 0 Å². The number of carboxylic acids is 1. The topological polar surface area (TPSA) is 102 Å². The van der Waals surface area contributed by atoms with Crippen LogP contribution in [0.5, 0.6) is 0 Å². The minimum atomic E-state index is -1.12. The van der Waals surface area contributed by atoms with E-state index < -0.39 is 18.1 Å². The van der Waals surface area contributed by atoms with Gasteiger partial charge in [-0.3, -0.25) is 9.59 Å². The van der Waals surface area contributed by atoms with Crippen molar-refractivity contribution in [2.24, 2.45) is 0 Å². The van der Waals surface area contributed by atoms with Crippen molar-refractivity contribution < 1.29 is 38.2 Å². The first-order valence-corrected chi connectivity index (χ1v) is 20.6. The predicted octanol–water partition coefficient (Wildman–Crippen LogP) is 9.25. The Morgan fingerprint density at radius 3 is 1.27 bits per heavy atom. The highest BCUT2D eigenvalue weighted by atomic mass is 16.6. The van der Waals surface area contributed by atoms with Crippen LogP contribution >= 0.6 is 0 Å². The summed E-state index contributed by atoms with van der Waals surface area (Å²) in [6, 6.07) is -0.718. The summed E-state index contributed by atoms with van der Waals surface area (Å²) in [4.78, 5) is 36.7. The standard InChI is InChI=1S/C41H79NO7/c1-6-8-10-12-14-16-18-19-20-21-22-24-25-27-29-31-39(43)48-36-37(35-47-34-33-38(41(45)46)42(3,4)5)49-40(44)32-30-28-26-23-17-15-13-11-9-7-2/h37-38H,6-36H2,1-5H3. The molecule has 0 radical (unpaired) electrons. The lowest BCUT2D eigenvalue weighted by Gasteiger charge is -2.34. The van der Waals surface area contributed by atoms with Crippen LogP contribution in [0.2, 0.25) is 0 Å². The molecule has 2 unspecified atom stereocenters. The number of hydrogen-bond donors (Lipinski definition) is 0. The number of quaternary nitrogens is 1. The highest BCUT2D eigenvalue weighted by molar-refractivity contribution is 5.70. The Bertz CT molecular complexity index is 782. The number of carboxylic acid groups (broad SMARTS) is 1. The molecule has 0 saturated carbocycles. The van der Waals surface area contributed by atoms with Gasteiger partial charge in [0, 0.05) is 19.3 Å². The highest BCUT2D eigenvalue weighted by Crippen LogP contribution is 2.15. The van der Waals surface area contributed by atoms with Crippen molar-refractivity contribution in [2.75, 3.05) is 41.0 Å². The minimum Gasteiger partial charge on any atom is -0.544 e. The third-order valence-corrected chi connectivity index (χ3v) is 9.49. The molecule has 0 aliphatic heterocycles. The summed E-state index contributed by atoms with van der Waals surface area (Å²) < 4.78 is 17.1. The van der Waals surface area contributed by atoms with Gasteiger partial charge in [-0.25, -0.2) is 0 Å². The predicted molar refractivity (Wildman–Crippen MR) is 199 cm³/mol. The smallest absolute Gasteiger partial charge is 0.306 e. The second kappa shape index (κ2) is 33.5. The lowest BCUT2D eigenvalue weighted by atomic mass is 10.0. The number of carbonyl (C=O) groups is 3. The normalized spacial score (nSPS) is 12.9. The van der Waals surface area contributed by atoms with E-state index in [2.05, 4.69) is 13.8 Å². The maximum absolute atomic E-state index is 12.6. The fourth-order valence-corrected chi connectivity index (χ4v) is 6.25. The molecule has 49 heavy (non-hydrogen) atoms. The molecule has 0 fully saturated rings. The van der Waals surface area contributed by atoms with E-state index in [1.54, 1.807) is 21.1 Å². The van der Waals surface area contributed by atoms with E-state index in [0.717, 1.165) is 38.5 Å². The number of nitrogens with zero attached hydrogens (tertiary/aromatic N) is 1. The number of carbonyl (C=O) groups excluding carboxylic acids is 3. The summed E-state index contributed by atoms with van der Waals surface area (Å²) in [5.41, 5.74) is 0. The van der Waals surface area contributed by atoms with E-state index in [0.29, 0.717) is 12.8 Å². The van der Waals surface area contributed by atoms with Crippen molar-refractivity contribution in [1.82, 2.24) is 0 Å². The monoisotopic (exact) mass is 698 g/mol. The van der Waals surface area contributed by atoms with Gasteiger partial charge < -0.3 is 28.6 Å². The van der Waals surface area contributed by atoms with Gasteiger partial charge in [0.25, 0.3) is 0 Å². The molecule has 0 bridgehead atoms. The third-order valence-electron chi connectivity index (χ3n) is 9.49.